The second-order valence-corrected chi connectivity index (χ2v) is 6.35. The number of rotatable bonds is 4. The highest BCUT2D eigenvalue weighted by atomic mass is 19.1. The normalized spacial score (nSPS) is 28.1. The Morgan fingerprint density at radius 3 is 2.45 bits per heavy atom. The Morgan fingerprint density at radius 2 is 1.85 bits per heavy atom. The highest BCUT2D eigenvalue weighted by molar-refractivity contribution is 5.36. The molecule has 0 aromatic heterocycles. The van der Waals surface area contributed by atoms with Crippen LogP contribution in [0, 0.1) is 17.7 Å². The Bertz CT molecular complexity index is 439. The summed E-state index contributed by atoms with van der Waals surface area (Å²) >= 11 is 0. The lowest BCUT2D eigenvalue weighted by atomic mass is 9.82. The molecule has 2 rings (SSSR count). The van der Waals surface area contributed by atoms with Gasteiger partial charge in [0, 0.05) is 17.7 Å². The Balaban J connectivity index is 2.17. The van der Waals surface area contributed by atoms with Crippen molar-refractivity contribution in [2.45, 2.75) is 52.2 Å². The molecule has 1 fully saturated rings. The Labute approximate surface area is 121 Å². The van der Waals surface area contributed by atoms with E-state index in [9.17, 15) is 4.39 Å². The molecule has 3 heteroatoms. The smallest absolute Gasteiger partial charge is 0.127 e. The quantitative estimate of drug-likeness (QED) is 0.886. The third kappa shape index (κ3) is 3.72. The molecule has 3 unspecified atom stereocenters. The van der Waals surface area contributed by atoms with E-state index in [0.717, 1.165) is 18.4 Å². The fraction of sp³-hybridized carbons (Fsp3) is 0.647. The van der Waals surface area contributed by atoms with E-state index in [1.807, 2.05) is 13.1 Å². The molecule has 0 radical (unpaired) electrons. The lowest BCUT2D eigenvalue weighted by molar-refractivity contribution is 0.0993. The van der Waals surface area contributed by atoms with Gasteiger partial charge in [0.05, 0.1) is 6.10 Å². The molecule has 1 aromatic carbocycles. The van der Waals surface area contributed by atoms with Crippen LogP contribution in [0.3, 0.4) is 0 Å². The molecule has 1 aliphatic rings. The van der Waals surface area contributed by atoms with Gasteiger partial charge in [0.15, 0.2) is 0 Å². The van der Waals surface area contributed by atoms with Crippen molar-refractivity contribution in [1.82, 2.24) is 5.32 Å². The first-order valence-corrected chi connectivity index (χ1v) is 7.63. The van der Waals surface area contributed by atoms with Crippen LogP contribution in [0.2, 0.25) is 0 Å². The van der Waals surface area contributed by atoms with E-state index in [2.05, 4.69) is 26.1 Å². The molecule has 0 spiro atoms. The zero-order valence-electron chi connectivity index (χ0n) is 12.9. The fourth-order valence-corrected chi connectivity index (χ4v) is 3.27. The van der Waals surface area contributed by atoms with Crippen LogP contribution in [0.5, 0.6) is 5.75 Å². The molecule has 0 saturated heterocycles. The van der Waals surface area contributed by atoms with E-state index in [1.165, 1.54) is 18.6 Å². The average Bonchev–Trinajstić information content (AvgIpc) is 2.37. The summed E-state index contributed by atoms with van der Waals surface area (Å²) < 4.78 is 19.7. The van der Waals surface area contributed by atoms with Gasteiger partial charge >= 0.3 is 0 Å². The van der Waals surface area contributed by atoms with Crippen LogP contribution in [-0.4, -0.2) is 13.2 Å². The van der Waals surface area contributed by atoms with E-state index in [4.69, 9.17) is 4.74 Å². The average molecular weight is 279 g/mol. The maximum atomic E-state index is 13.5. The highest BCUT2D eigenvalue weighted by Gasteiger charge is 2.26. The van der Waals surface area contributed by atoms with Crippen molar-refractivity contribution < 1.29 is 9.13 Å². The molecule has 0 heterocycles. The first kappa shape index (κ1) is 15.3. The molecule has 3 atom stereocenters. The van der Waals surface area contributed by atoms with Gasteiger partial charge < -0.3 is 10.1 Å². The van der Waals surface area contributed by atoms with Crippen LogP contribution in [0.1, 0.15) is 51.6 Å². The largest absolute Gasteiger partial charge is 0.490 e. The van der Waals surface area contributed by atoms with Gasteiger partial charge in [-0.25, -0.2) is 4.39 Å². The zero-order chi connectivity index (χ0) is 14.7. The topological polar surface area (TPSA) is 21.3 Å². The minimum atomic E-state index is -0.232. The van der Waals surface area contributed by atoms with E-state index in [-0.39, 0.29) is 18.0 Å². The van der Waals surface area contributed by atoms with Crippen LogP contribution in [0.15, 0.2) is 18.2 Å². The van der Waals surface area contributed by atoms with Crippen LogP contribution in [0.25, 0.3) is 0 Å². The van der Waals surface area contributed by atoms with Gasteiger partial charge in [-0.1, -0.05) is 19.9 Å². The van der Waals surface area contributed by atoms with Gasteiger partial charge in [-0.3, -0.25) is 0 Å². The maximum absolute atomic E-state index is 13.5. The van der Waals surface area contributed by atoms with Gasteiger partial charge in [-0.2, -0.15) is 0 Å². The summed E-state index contributed by atoms with van der Waals surface area (Å²) in [5, 5.41) is 3.19. The SMILES string of the molecule is CNC(C)c1ccc(F)cc1OC1CC(C)CC(C)C1. The van der Waals surface area contributed by atoms with Crippen LogP contribution in [-0.2, 0) is 0 Å². The van der Waals surface area contributed by atoms with Crippen molar-refractivity contribution in [3.05, 3.63) is 29.6 Å². The standard InChI is InChI=1S/C17H26FNO/c1-11-7-12(2)9-15(8-11)20-17-10-14(18)5-6-16(17)13(3)19-4/h5-6,10-13,15,19H,7-9H2,1-4H3. The minimum Gasteiger partial charge on any atom is -0.490 e. The second kappa shape index (κ2) is 6.57. The maximum Gasteiger partial charge on any atom is 0.127 e. The van der Waals surface area contributed by atoms with Crippen LogP contribution >= 0.6 is 0 Å². The third-order valence-electron chi connectivity index (χ3n) is 4.30. The molecule has 2 nitrogen and oxygen atoms in total. The molecule has 1 aliphatic carbocycles. The molecule has 0 aliphatic heterocycles. The first-order chi connectivity index (χ1) is 9.49. The second-order valence-electron chi connectivity index (χ2n) is 6.35. The Morgan fingerprint density at radius 1 is 1.20 bits per heavy atom. The summed E-state index contributed by atoms with van der Waals surface area (Å²) in [6, 6.07) is 5.00. The van der Waals surface area contributed by atoms with Crippen molar-refractivity contribution in [1.29, 1.82) is 0 Å². The van der Waals surface area contributed by atoms with Gasteiger partial charge in [-0.05, 0) is 51.1 Å². The molecule has 1 aromatic rings. The summed E-state index contributed by atoms with van der Waals surface area (Å²) in [4.78, 5) is 0. The molecule has 112 valence electrons. The summed E-state index contributed by atoms with van der Waals surface area (Å²) in [5.41, 5.74) is 1.03. The number of hydrogen-bond acceptors (Lipinski definition) is 2. The van der Waals surface area contributed by atoms with E-state index in [0.29, 0.717) is 17.6 Å². The summed E-state index contributed by atoms with van der Waals surface area (Å²) in [6.45, 7) is 6.61. The summed E-state index contributed by atoms with van der Waals surface area (Å²) in [7, 11) is 1.91. The summed E-state index contributed by atoms with van der Waals surface area (Å²) in [6.07, 6.45) is 3.60. The molecule has 0 amide bonds. The Kier molecular flexibility index (Phi) is 5.03. The highest BCUT2D eigenvalue weighted by Crippen LogP contribution is 2.34. The summed E-state index contributed by atoms with van der Waals surface area (Å²) in [5.74, 6) is 1.83. The molecular weight excluding hydrogens is 253 g/mol. The van der Waals surface area contributed by atoms with Crippen LogP contribution < -0.4 is 10.1 Å². The molecule has 20 heavy (non-hydrogen) atoms. The number of hydrogen-bond donors (Lipinski definition) is 1. The number of ether oxygens (including phenoxy) is 1. The van der Waals surface area contributed by atoms with E-state index >= 15 is 0 Å². The third-order valence-corrected chi connectivity index (χ3v) is 4.30. The van der Waals surface area contributed by atoms with Gasteiger partial charge in [-0.15, -0.1) is 0 Å². The van der Waals surface area contributed by atoms with Gasteiger partial charge in [0.1, 0.15) is 11.6 Å². The Hall–Kier alpha value is -1.09. The monoisotopic (exact) mass is 279 g/mol. The van der Waals surface area contributed by atoms with Crippen molar-refractivity contribution in [2.75, 3.05) is 7.05 Å². The van der Waals surface area contributed by atoms with Crippen molar-refractivity contribution in [3.8, 4) is 5.75 Å². The lowest BCUT2D eigenvalue weighted by Gasteiger charge is -2.32. The number of halogens is 1. The fourth-order valence-electron chi connectivity index (χ4n) is 3.27. The molecule has 1 N–H and O–H groups in total. The molecule has 0 bridgehead atoms. The molecule has 1 saturated carbocycles. The lowest BCUT2D eigenvalue weighted by Crippen LogP contribution is -2.29. The minimum absolute atomic E-state index is 0.157. The van der Waals surface area contributed by atoms with E-state index < -0.39 is 0 Å². The predicted molar refractivity (Wildman–Crippen MR) is 80.5 cm³/mol. The van der Waals surface area contributed by atoms with Crippen molar-refractivity contribution in [2.24, 2.45) is 11.8 Å². The van der Waals surface area contributed by atoms with Crippen LogP contribution in [0.4, 0.5) is 4.39 Å². The first-order valence-electron chi connectivity index (χ1n) is 7.63. The van der Waals surface area contributed by atoms with Gasteiger partial charge in [0.25, 0.3) is 0 Å². The van der Waals surface area contributed by atoms with Crippen molar-refractivity contribution in [3.63, 3.8) is 0 Å². The van der Waals surface area contributed by atoms with Crippen molar-refractivity contribution >= 4 is 0 Å². The van der Waals surface area contributed by atoms with E-state index in [1.54, 1.807) is 0 Å². The predicted octanol–water partition coefficient (Wildman–Crippen LogP) is 4.31. The zero-order valence-corrected chi connectivity index (χ0v) is 12.9. The van der Waals surface area contributed by atoms with Gasteiger partial charge in [0.2, 0.25) is 0 Å². The number of nitrogens with one attached hydrogen (secondary N) is 1. The number of benzene rings is 1. The molecular formula is C17H26FNO.